The van der Waals surface area contributed by atoms with Crippen molar-refractivity contribution in [2.45, 2.75) is 11.0 Å². The van der Waals surface area contributed by atoms with E-state index in [-0.39, 0.29) is 16.3 Å². The van der Waals surface area contributed by atoms with Crippen LogP contribution in [0.5, 0.6) is 0 Å². The van der Waals surface area contributed by atoms with Gasteiger partial charge < -0.3 is 14.3 Å². The SMILES string of the molecule is COC(=O)c1sccc1S(=O)(=O)NC[C@H](O)c1ccc(-c2ccco2)cc1. The van der Waals surface area contributed by atoms with E-state index in [1.165, 1.54) is 18.6 Å². The van der Waals surface area contributed by atoms with Crippen molar-refractivity contribution < 1.29 is 27.5 Å². The van der Waals surface area contributed by atoms with Crippen molar-refractivity contribution in [3.8, 4) is 11.3 Å². The highest BCUT2D eigenvalue weighted by Crippen LogP contribution is 2.24. The third-order valence-electron chi connectivity index (χ3n) is 3.86. The summed E-state index contributed by atoms with van der Waals surface area (Å²) in [5.41, 5.74) is 1.39. The number of hydrogen-bond donors (Lipinski definition) is 2. The molecular formula is C18H17NO6S2. The third-order valence-corrected chi connectivity index (χ3v) is 6.35. The van der Waals surface area contributed by atoms with Crippen LogP contribution in [-0.2, 0) is 14.8 Å². The van der Waals surface area contributed by atoms with Gasteiger partial charge in [-0.1, -0.05) is 24.3 Å². The van der Waals surface area contributed by atoms with E-state index in [0.29, 0.717) is 11.3 Å². The van der Waals surface area contributed by atoms with E-state index in [0.717, 1.165) is 16.9 Å². The van der Waals surface area contributed by atoms with Crippen molar-refractivity contribution in [3.63, 3.8) is 0 Å². The van der Waals surface area contributed by atoms with Gasteiger partial charge in [0.15, 0.2) is 0 Å². The molecule has 0 saturated heterocycles. The van der Waals surface area contributed by atoms with Gasteiger partial charge in [-0.15, -0.1) is 11.3 Å². The Morgan fingerprint density at radius 3 is 2.63 bits per heavy atom. The lowest BCUT2D eigenvalue weighted by molar-refractivity contribution is 0.0602. The number of carbonyl (C=O) groups excluding carboxylic acids is 1. The fraction of sp³-hybridized carbons (Fsp3) is 0.167. The number of methoxy groups -OCH3 is 1. The fourth-order valence-electron chi connectivity index (χ4n) is 2.45. The highest BCUT2D eigenvalue weighted by molar-refractivity contribution is 7.89. The minimum atomic E-state index is -3.96. The summed E-state index contributed by atoms with van der Waals surface area (Å²) in [7, 11) is -2.78. The lowest BCUT2D eigenvalue weighted by Gasteiger charge is -2.13. The molecule has 3 rings (SSSR count). The summed E-state index contributed by atoms with van der Waals surface area (Å²) in [6.45, 7) is -0.237. The van der Waals surface area contributed by atoms with Crippen LogP contribution in [0, 0.1) is 0 Å². The van der Waals surface area contributed by atoms with Crippen LogP contribution in [0.25, 0.3) is 11.3 Å². The Balaban J connectivity index is 1.69. The van der Waals surface area contributed by atoms with Crippen molar-refractivity contribution in [2.24, 2.45) is 0 Å². The molecule has 0 spiro atoms. The van der Waals surface area contributed by atoms with Gasteiger partial charge in [-0.25, -0.2) is 17.9 Å². The van der Waals surface area contributed by atoms with Crippen LogP contribution in [0.1, 0.15) is 21.3 Å². The number of furan rings is 1. The molecule has 0 bridgehead atoms. The fourth-order valence-corrected chi connectivity index (χ4v) is 4.82. The van der Waals surface area contributed by atoms with Crippen LogP contribution in [-0.4, -0.2) is 33.1 Å². The summed E-state index contributed by atoms with van der Waals surface area (Å²) >= 11 is 0.975. The van der Waals surface area contributed by atoms with Gasteiger partial charge in [-0.3, -0.25) is 0 Å². The minimum absolute atomic E-state index is 0.0118. The van der Waals surface area contributed by atoms with Gasteiger partial charge in [0.25, 0.3) is 0 Å². The van der Waals surface area contributed by atoms with E-state index in [9.17, 15) is 18.3 Å². The number of ether oxygens (including phenoxy) is 1. The molecule has 0 radical (unpaired) electrons. The maximum atomic E-state index is 12.4. The molecule has 3 aromatic rings. The molecule has 2 aromatic heterocycles. The molecule has 27 heavy (non-hydrogen) atoms. The number of hydrogen-bond acceptors (Lipinski definition) is 7. The Labute approximate surface area is 160 Å². The molecule has 0 saturated carbocycles. The molecule has 2 N–H and O–H groups in total. The topological polar surface area (TPSA) is 106 Å². The van der Waals surface area contributed by atoms with Crippen molar-refractivity contribution in [2.75, 3.05) is 13.7 Å². The average Bonchev–Trinajstić information content (AvgIpc) is 3.37. The summed E-state index contributed by atoms with van der Waals surface area (Å²) in [6.07, 6.45) is 0.519. The second-order valence-corrected chi connectivity index (χ2v) is 8.22. The number of carbonyl (C=O) groups is 1. The predicted octanol–water partition coefficient (Wildman–Crippen LogP) is 2.81. The zero-order valence-electron chi connectivity index (χ0n) is 14.3. The van der Waals surface area contributed by atoms with Crippen LogP contribution >= 0.6 is 11.3 Å². The normalized spacial score (nSPS) is 12.7. The summed E-state index contributed by atoms with van der Waals surface area (Å²) in [6, 6.07) is 11.9. The second kappa shape index (κ2) is 8.05. The number of aliphatic hydroxyl groups is 1. The van der Waals surface area contributed by atoms with Crippen molar-refractivity contribution in [3.05, 3.63) is 64.5 Å². The number of thiophene rings is 1. The van der Waals surface area contributed by atoms with Crippen molar-refractivity contribution >= 4 is 27.3 Å². The molecule has 1 atom stereocenters. The van der Waals surface area contributed by atoms with Gasteiger partial charge in [0.1, 0.15) is 15.5 Å². The molecular weight excluding hydrogens is 390 g/mol. The Kier molecular flexibility index (Phi) is 5.76. The highest BCUT2D eigenvalue weighted by atomic mass is 32.2. The molecule has 9 heteroatoms. The quantitative estimate of drug-likeness (QED) is 0.584. The Morgan fingerprint density at radius 2 is 2.00 bits per heavy atom. The maximum absolute atomic E-state index is 12.4. The summed E-state index contributed by atoms with van der Waals surface area (Å²) < 4.78 is 37.1. The number of rotatable bonds is 7. The number of nitrogens with one attached hydrogen (secondary N) is 1. The number of esters is 1. The van der Waals surface area contributed by atoms with Crippen LogP contribution in [0.4, 0.5) is 0 Å². The molecule has 7 nitrogen and oxygen atoms in total. The number of aliphatic hydroxyl groups excluding tert-OH is 1. The van der Waals surface area contributed by atoms with E-state index in [1.807, 2.05) is 6.07 Å². The molecule has 2 heterocycles. The Hall–Kier alpha value is -2.46. The summed E-state index contributed by atoms with van der Waals surface area (Å²) in [4.78, 5) is 11.5. The molecule has 0 aliphatic carbocycles. The summed E-state index contributed by atoms with van der Waals surface area (Å²) in [5, 5.41) is 11.8. The standard InChI is InChI=1S/C18H17NO6S2/c1-24-18(21)17-16(8-10-26-17)27(22,23)19-11-14(20)12-4-6-13(7-5-12)15-3-2-9-25-15/h2-10,14,19-20H,11H2,1H3/t14-/m0/s1. The Bertz CT molecular complexity index is 1010. The Morgan fingerprint density at radius 1 is 1.26 bits per heavy atom. The molecule has 0 amide bonds. The van der Waals surface area contributed by atoms with Crippen LogP contribution < -0.4 is 4.72 Å². The van der Waals surface area contributed by atoms with Crippen molar-refractivity contribution in [1.29, 1.82) is 0 Å². The zero-order chi connectivity index (χ0) is 19.4. The minimum Gasteiger partial charge on any atom is -0.465 e. The monoisotopic (exact) mass is 407 g/mol. The molecule has 0 fully saturated rings. The number of sulfonamides is 1. The van der Waals surface area contributed by atoms with Gasteiger partial charge in [0.05, 0.1) is 19.5 Å². The molecule has 1 aromatic carbocycles. The van der Waals surface area contributed by atoms with E-state index >= 15 is 0 Å². The zero-order valence-corrected chi connectivity index (χ0v) is 15.9. The number of benzene rings is 1. The third kappa shape index (κ3) is 4.28. The first kappa shape index (κ1) is 19.3. The van der Waals surface area contributed by atoms with Gasteiger partial charge in [-0.05, 0) is 29.1 Å². The molecule has 0 unspecified atom stereocenters. The van der Waals surface area contributed by atoms with Crippen LogP contribution in [0.15, 0.2) is 63.4 Å². The lowest BCUT2D eigenvalue weighted by Crippen LogP contribution is -2.29. The van der Waals surface area contributed by atoms with Gasteiger partial charge in [0, 0.05) is 12.1 Å². The average molecular weight is 407 g/mol. The van der Waals surface area contributed by atoms with Gasteiger partial charge >= 0.3 is 5.97 Å². The first-order chi connectivity index (χ1) is 12.9. The van der Waals surface area contributed by atoms with Gasteiger partial charge in [-0.2, -0.15) is 0 Å². The molecule has 0 aliphatic rings. The maximum Gasteiger partial charge on any atom is 0.349 e. The highest BCUT2D eigenvalue weighted by Gasteiger charge is 2.25. The first-order valence-corrected chi connectivity index (χ1v) is 10.3. The largest absolute Gasteiger partial charge is 0.465 e. The van der Waals surface area contributed by atoms with E-state index < -0.39 is 22.1 Å². The van der Waals surface area contributed by atoms with Crippen LogP contribution in [0.3, 0.4) is 0 Å². The second-order valence-electron chi connectivity index (χ2n) is 5.57. The molecule has 142 valence electrons. The lowest BCUT2D eigenvalue weighted by atomic mass is 10.1. The van der Waals surface area contributed by atoms with Crippen LogP contribution in [0.2, 0.25) is 0 Å². The predicted molar refractivity (Wildman–Crippen MR) is 100.0 cm³/mol. The van der Waals surface area contributed by atoms with E-state index in [2.05, 4.69) is 9.46 Å². The molecule has 0 aliphatic heterocycles. The van der Waals surface area contributed by atoms with E-state index in [1.54, 1.807) is 36.6 Å². The smallest absolute Gasteiger partial charge is 0.349 e. The van der Waals surface area contributed by atoms with E-state index in [4.69, 9.17) is 4.42 Å². The first-order valence-electron chi connectivity index (χ1n) is 7.90. The van der Waals surface area contributed by atoms with Crippen molar-refractivity contribution in [1.82, 2.24) is 4.72 Å². The summed E-state index contributed by atoms with van der Waals surface area (Å²) in [5.74, 6) is -0.0241. The van der Waals surface area contributed by atoms with Gasteiger partial charge in [0.2, 0.25) is 10.0 Å².